The van der Waals surface area contributed by atoms with Crippen molar-refractivity contribution in [3.05, 3.63) is 89.5 Å². The zero-order valence-corrected chi connectivity index (χ0v) is 17.9. The van der Waals surface area contributed by atoms with Crippen LogP contribution in [-0.2, 0) is 16.0 Å². The first-order chi connectivity index (χ1) is 15.0. The van der Waals surface area contributed by atoms with Gasteiger partial charge in [0, 0.05) is 30.5 Å². The number of aryl methyl sites for hydroxylation is 1. The number of para-hydroxylation sites is 1. The lowest BCUT2D eigenvalue weighted by molar-refractivity contribution is -0.120. The third kappa shape index (κ3) is 4.94. The number of nitrogens with one attached hydrogen (secondary N) is 2. The number of anilines is 3. The zero-order valence-electron chi connectivity index (χ0n) is 17.9. The van der Waals surface area contributed by atoms with Crippen molar-refractivity contribution in [2.75, 3.05) is 16.8 Å². The Morgan fingerprint density at radius 2 is 1.68 bits per heavy atom. The largest absolute Gasteiger partial charge is 0.349 e. The number of rotatable bonds is 6. The van der Waals surface area contributed by atoms with E-state index in [0.29, 0.717) is 0 Å². The number of nitrogens with zero attached hydrogens (tertiary/aromatic N) is 1. The molecule has 0 spiro atoms. The first kappa shape index (κ1) is 20.7. The lowest BCUT2D eigenvalue weighted by atomic mass is 10.0. The standard InChI is InChI=1S/C26H27N3O2/c1-18-7-9-20(10-8-18)24(27-19(2)30)17-26(31)28-22-11-13-23(14-12-22)29-16-15-21-5-3-4-6-25(21)29/h3-14,24H,15-17H2,1-2H3,(H,27,30)(H,28,31). The van der Waals surface area contributed by atoms with E-state index in [1.807, 2.05) is 55.5 Å². The lowest BCUT2D eigenvalue weighted by Crippen LogP contribution is -2.29. The molecular formula is C26H27N3O2. The molecule has 1 heterocycles. The molecule has 0 saturated heterocycles. The maximum atomic E-state index is 12.7. The fourth-order valence-electron chi connectivity index (χ4n) is 4.02. The van der Waals surface area contributed by atoms with Crippen molar-refractivity contribution in [3.8, 4) is 0 Å². The van der Waals surface area contributed by atoms with Crippen molar-refractivity contribution in [1.82, 2.24) is 5.32 Å². The molecule has 1 aliphatic heterocycles. The van der Waals surface area contributed by atoms with Gasteiger partial charge in [0.15, 0.2) is 0 Å². The Labute approximate surface area is 183 Å². The third-order valence-corrected chi connectivity index (χ3v) is 5.60. The van der Waals surface area contributed by atoms with Gasteiger partial charge in [-0.1, -0.05) is 48.0 Å². The molecule has 2 N–H and O–H groups in total. The highest BCUT2D eigenvalue weighted by Gasteiger charge is 2.20. The minimum absolute atomic E-state index is 0.140. The van der Waals surface area contributed by atoms with Gasteiger partial charge in [-0.3, -0.25) is 9.59 Å². The molecular weight excluding hydrogens is 386 g/mol. The van der Waals surface area contributed by atoms with E-state index in [1.165, 1.54) is 18.2 Å². The molecule has 4 rings (SSSR count). The van der Waals surface area contributed by atoms with Crippen LogP contribution in [0.5, 0.6) is 0 Å². The Hall–Kier alpha value is -3.60. The van der Waals surface area contributed by atoms with Crippen molar-refractivity contribution >= 4 is 28.9 Å². The first-order valence-corrected chi connectivity index (χ1v) is 10.6. The Morgan fingerprint density at radius 1 is 0.968 bits per heavy atom. The van der Waals surface area contributed by atoms with Crippen LogP contribution < -0.4 is 15.5 Å². The van der Waals surface area contributed by atoms with Gasteiger partial charge in [0.1, 0.15) is 0 Å². The average Bonchev–Trinajstić information content (AvgIpc) is 3.18. The fraction of sp³-hybridized carbons (Fsp3) is 0.231. The van der Waals surface area contributed by atoms with Crippen LogP contribution in [0.1, 0.15) is 36.1 Å². The SMILES string of the molecule is CC(=O)NC(CC(=O)Nc1ccc(N2CCc3ccccc32)cc1)c1ccc(C)cc1. The molecule has 0 aliphatic carbocycles. The van der Waals surface area contributed by atoms with Gasteiger partial charge in [-0.2, -0.15) is 0 Å². The first-order valence-electron chi connectivity index (χ1n) is 10.6. The van der Waals surface area contributed by atoms with Crippen LogP contribution >= 0.6 is 0 Å². The molecule has 3 aromatic carbocycles. The number of fused-ring (bicyclic) bond motifs is 1. The van der Waals surface area contributed by atoms with Crippen LogP contribution in [0, 0.1) is 6.92 Å². The van der Waals surface area contributed by atoms with Crippen molar-refractivity contribution in [2.45, 2.75) is 32.7 Å². The number of hydrogen-bond acceptors (Lipinski definition) is 3. The van der Waals surface area contributed by atoms with E-state index in [2.05, 4.69) is 39.8 Å². The molecule has 158 valence electrons. The van der Waals surface area contributed by atoms with Crippen LogP contribution in [0.15, 0.2) is 72.8 Å². The summed E-state index contributed by atoms with van der Waals surface area (Å²) in [6.45, 7) is 4.43. The highest BCUT2D eigenvalue weighted by molar-refractivity contribution is 5.92. The average molecular weight is 414 g/mol. The molecule has 0 fully saturated rings. The summed E-state index contributed by atoms with van der Waals surface area (Å²) in [6.07, 6.45) is 1.21. The minimum Gasteiger partial charge on any atom is -0.349 e. The predicted octanol–water partition coefficient (Wildman–Crippen LogP) is 4.90. The number of amides is 2. The minimum atomic E-state index is -0.363. The van der Waals surface area contributed by atoms with Crippen LogP contribution in [0.4, 0.5) is 17.1 Å². The molecule has 5 nitrogen and oxygen atoms in total. The van der Waals surface area contributed by atoms with Gasteiger partial charge < -0.3 is 15.5 Å². The highest BCUT2D eigenvalue weighted by atomic mass is 16.2. The summed E-state index contributed by atoms with van der Waals surface area (Å²) in [5, 5.41) is 5.84. The number of hydrogen-bond donors (Lipinski definition) is 2. The third-order valence-electron chi connectivity index (χ3n) is 5.60. The molecule has 31 heavy (non-hydrogen) atoms. The van der Waals surface area contributed by atoms with Crippen LogP contribution in [0.2, 0.25) is 0 Å². The van der Waals surface area contributed by atoms with Gasteiger partial charge in [-0.15, -0.1) is 0 Å². The number of benzene rings is 3. The molecule has 2 amide bonds. The van der Waals surface area contributed by atoms with E-state index in [9.17, 15) is 9.59 Å². The Kier molecular flexibility index (Phi) is 6.03. The summed E-state index contributed by atoms with van der Waals surface area (Å²) in [4.78, 5) is 26.6. The van der Waals surface area contributed by atoms with E-state index >= 15 is 0 Å². The quantitative estimate of drug-likeness (QED) is 0.605. The summed E-state index contributed by atoms with van der Waals surface area (Å²) < 4.78 is 0. The summed E-state index contributed by atoms with van der Waals surface area (Å²) in [6, 6.07) is 23.9. The Morgan fingerprint density at radius 3 is 2.39 bits per heavy atom. The lowest BCUT2D eigenvalue weighted by Gasteiger charge is -2.20. The molecule has 1 aliphatic rings. The predicted molar refractivity (Wildman–Crippen MR) is 125 cm³/mol. The van der Waals surface area contributed by atoms with Gasteiger partial charge >= 0.3 is 0 Å². The molecule has 0 bridgehead atoms. The highest BCUT2D eigenvalue weighted by Crippen LogP contribution is 2.34. The summed E-state index contributed by atoms with van der Waals surface area (Å²) >= 11 is 0. The normalized spacial score (nSPS) is 13.4. The molecule has 3 aromatic rings. The second kappa shape index (κ2) is 9.04. The monoisotopic (exact) mass is 413 g/mol. The maximum Gasteiger partial charge on any atom is 0.226 e. The molecule has 1 atom stereocenters. The van der Waals surface area contributed by atoms with Gasteiger partial charge in [0.05, 0.1) is 12.5 Å². The van der Waals surface area contributed by atoms with Crippen LogP contribution in [0.3, 0.4) is 0 Å². The number of carbonyl (C=O) groups is 2. The van der Waals surface area contributed by atoms with Crippen LogP contribution in [-0.4, -0.2) is 18.4 Å². The van der Waals surface area contributed by atoms with Gasteiger partial charge in [-0.25, -0.2) is 0 Å². The molecule has 1 unspecified atom stereocenters. The smallest absolute Gasteiger partial charge is 0.226 e. The van der Waals surface area contributed by atoms with E-state index in [0.717, 1.165) is 35.5 Å². The Bertz CT molecular complexity index is 1070. The van der Waals surface area contributed by atoms with E-state index < -0.39 is 0 Å². The Balaban J connectivity index is 1.42. The van der Waals surface area contributed by atoms with Crippen LogP contribution in [0.25, 0.3) is 0 Å². The van der Waals surface area contributed by atoms with E-state index in [-0.39, 0.29) is 24.3 Å². The molecule has 5 heteroatoms. The summed E-state index contributed by atoms with van der Waals surface area (Å²) in [7, 11) is 0. The van der Waals surface area contributed by atoms with E-state index in [4.69, 9.17) is 0 Å². The van der Waals surface area contributed by atoms with Crippen molar-refractivity contribution in [2.24, 2.45) is 0 Å². The molecule has 0 saturated carbocycles. The summed E-state index contributed by atoms with van der Waals surface area (Å²) in [5.74, 6) is -0.299. The molecule has 0 aromatic heterocycles. The summed E-state index contributed by atoms with van der Waals surface area (Å²) in [5.41, 5.74) is 6.51. The van der Waals surface area contributed by atoms with Crippen molar-refractivity contribution in [1.29, 1.82) is 0 Å². The number of carbonyl (C=O) groups excluding carboxylic acids is 2. The fourth-order valence-corrected chi connectivity index (χ4v) is 4.02. The topological polar surface area (TPSA) is 61.4 Å². The van der Waals surface area contributed by atoms with Crippen molar-refractivity contribution in [3.63, 3.8) is 0 Å². The van der Waals surface area contributed by atoms with Gasteiger partial charge in [0.25, 0.3) is 0 Å². The second-order valence-corrected chi connectivity index (χ2v) is 7.99. The zero-order chi connectivity index (χ0) is 21.8. The van der Waals surface area contributed by atoms with E-state index in [1.54, 1.807) is 0 Å². The van der Waals surface area contributed by atoms with Gasteiger partial charge in [0.2, 0.25) is 11.8 Å². The maximum absolute atomic E-state index is 12.7. The molecule has 0 radical (unpaired) electrons. The van der Waals surface area contributed by atoms with Gasteiger partial charge in [-0.05, 0) is 54.8 Å². The van der Waals surface area contributed by atoms with Crippen molar-refractivity contribution < 1.29 is 9.59 Å². The second-order valence-electron chi connectivity index (χ2n) is 7.99.